The Morgan fingerprint density at radius 1 is 1.59 bits per heavy atom. The maximum Gasteiger partial charge on any atom is 0.194 e. The highest BCUT2D eigenvalue weighted by atomic mass is 32.1. The lowest BCUT2D eigenvalue weighted by Gasteiger charge is -1.96. The van der Waals surface area contributed by atoms with E-state index in [2.05, 4.69) is 11.1 Å². The van der Waals surface area contributed by atoms with E-state index >= 15 is 0 Å². The van der Waals surface area contributed by atoms with Gasteiger partial charge in [0.1, 0.15) is 5.69 Å². The number of nitrogens with zero attached hydrogens (tertiary/aromatic N) is 3. The van der Waals surface area contributed by atoms with Crippen LogP contribution in [0, 0.1) is 18.3 Å². The molecule has 3 heterocycles. The molecule has 0 aliphatic carbocycles. The van der Waals surface area contributed by atoms with Gasteiger partial charge >= 0.3 is 0 Å². The van der Waals surface area contributed by atoms with Crippen molar-refractivity contribution in [2.24, 2.45) is 0 Å². The molecule has 4 nitrogen and oxygen atoms in total. The Bertz CT molecular complexity index is 700. The lowest BCUT2D eigenvalue weighted by molar-refractivity contribution is 0.580. The van der Waals surface area contributed by atoms with E-state index in [0.29, 0.717) is 12.2 Å². The molecule has 5 heteroatoms. The van der Waals surface area contributed by atoms with Gasteiger partial charge < -0.3 is 4.42 Å². The number of hydrogen-bond donors (Lipinski definition) is 0. The van der Waals surface area contributed by atoms with Crippen LogP contribution >= 0.6 is 11.3 Å². The van der Waals surface area contributed by atoms with Gasteiger partial charge in [0.15, 0.2) is 10.7 Å². The highest BCUT2D eigenvalue weighted by molar-refractivity contribution is 7.17. The summed E-state index contributed by atoms with van der Waals surface area (Å²) in [6.07, 6.45) is 3.95. The fraction of sp³-hybridized carbons (Fsp3) is 0.167. The van der Waals surface area contributed by atoms with Gasteiger partial charge in [-0.05, 0) is 19.1 Å². The van der Waals surface area contributed by atoms with Crippen LogP contribution in [0.2, 0.25) is 0 Å². The van der Waals surface area contributed by atoms with Crippen molar-refractivity contribution in [3.8, 4) is 17.5 Å². The van der Waals surface area contributed by atoms with Crippen LogP contribution in [0.5, 0.6) is 0 Å². The molecule has 0 bridgehead atoms. The van der Waals surface area contributed by atoms with Gasteiger partial charge in [0.25, 0.3) is 0 Å². The average Bonchev–Trinajstić information content (AvgIpc) is 2.95. The first kappa shape index (κ1) is 10.1. The number of imidazole rings is 1. The Balaban J connectivity index is 2.28. The maximum atomic E-state index is 8.91. The SMILES string of the molecule is Cc1cn2c(CC#N)c(-c3ccco3)nc2s1. The van der Waals surface area contributed by atoms with Crippen molar-refractivity contribution in [3.63, 3.8) is 0 Å². The lowest BCUT2D eigenvalue weighted by atomic mass is 10.2. The molecule has 0 radical (unpaired) electrons. The standard InChI is InChI=1S/C12H9N3OS/c1-8-7-15-9(4-5-13)11(14-12(15)17-8)10-3-2-6-16-10/h2-3,6-7H,4H2,1H3. The predicted octanol–water partition coefficient (Wildman–Crippen LogP) is 3.03. The molecule has 0 saturated carbocycles. The second kappa shape index (κ2) is 3.75. The topological polar surface area (TPSA) is 54.2 Å². The Hall–Kier alpha value is -2.06. The maximum absolute atomic E-state index is 8.91. The highest BCUT2D eigenvalue weighted by Gasteiger charge is 2.17. The van der Waals surface area contributed by atoms with E-state index in [1.165, 1.54) is 4.88 Å². The van der Waals surface area contributed by atoms with Crippen LogP contribution in [-0.4, -0.2) is 9.38 Å². The molecule has 0 spiro atoms. The summed E-state index contributed by atoms with van der Waals surface area (Å²) < 4.78 is 7.33. The molecule has 0 N–H and O–H groups in total. The monoisotopic (exact) mass is 243 g/mol. The molecule has 0 fully saturated rings. The van der Waals surface area contributed by atoms with E-state index < -0.39 is 0 Å². The van der Waals surface area contributed by atoms with Crippen molar-refractivity contribution in [3.05, 3.63) is 35.2 Å². The third kappa shape index (κ3) is 1.54. The molecule has 0 aliphatic heterocycles. The van der Waals surface area contributed by atoms with E-state index in [0.717, 1.165) is 16.3 Å². The van der Waals surface area contributed by atoms with Crippen LogP contribution in [0.1, 0.15) is 10.6 Å². The summed E-state index contributed by atoms with van der Waals surface area (Å²) >= 11 is 1.61. The van der Waals surface area contributed by atoms with Crippen molar-refractivity contribution in [2.75, 3.05) is 0 Å². The minimum Gasteiger partial charge on any atom is -0.463 e. The van der Waals surface area contributed by atoms with Gasteiger partial charge in [-0.1, -0.05) is 0 Å². The second-order valence-corrected chi connectivity index (χ2v) is 4.93. The Morgan fingerprint density at radius 3 is 3.18 bits per heavy atom. The van der Waals surface area contributed by atoms with Gasteiger partial charge in [-0.2, -0.15) is 5.26 Å². The van der Waals surface area contributed by atoms with Crippen LogP contribution in [0.25, 0.3) is 16.4 Å². The van der Waals surface area contributed by atoms with Gasteiger partial charge in [-0.25, -0.2) is 4.98 Å². The molecule has 0 atom stereocenters. The largest absolute Gasteiger partial charge is 0.463 e. The smallest absolute Gasteiger partial charge is 0.194 e. The fourth-order valence-electron chi connectivity index (χ4n) is 1.86. The summed E-state index contributed by atoms with van der Waals surface area (Å²) in [4.78, 5) is 6.61. The Morgan fingerprint density at radius 2 is 2.47 bits per heavy atom. The molecule has 17 heavy (non-hydrogen) atoms. The van der Waals surface area contributed by atoms with E-state index in [4.69, 9.17) is 9.68 Å². The molecule has 3 rings (SSSR count). The van der Waals surface area contributed by atoms with E-state index in [9.17, 15) is 0 Å². The summed E-state index contributed by atoms with van der Waals surface area (Å²) in [7, 11) is 0. The molecule has 0 aliphatic rings. The van der Waals surface area contributed by atoms with E-state index in [-0.39, 0.29) is 0 Å². The number of nitriles is 1. The third-order valence-electron chi connectivity index (χ3n) is 2.54. The van der Waals surface area contributed by atoms with Crippen LogP contribution in [0.3, 0.4) is 0 Å². The van der Waals surface area contributed by atoms with Gasteiger partial charge in [0.05, 0.1) is 24.4 Å². The Labute approximate surface area is 102 Å². The summed E-state index contributed by atoms with van der Waals surface area (Å²) in [5.74, 6) is 0.712. The van der Waals surface area contributed by atoms with Crippen molar-refractivity contribution >= 4 is 16.3 Å². The molecule has 3 aromatic rings. The van der Waals surface area contributed by atoms with Gasteiger partial charge in [0.2, 0.25) is 0 Å². The molecule has 0 amide bonds. The molecule has 0 saturated heterocycles. The van der Waals surface area contributed by atoms with Crippen LogP contribution < -0.4 is 0 Å². The summed E-state index contributed by atoms with van der Waals surface area (Å²) in [5, 5.41) is 8.91. The fourth-order valence-corrected chi connectivity index (χ4v) is 2.70. The van der Waals surface area contributed by atoms with Crippen molar-refractivity contribution < 1.29 is 4.42 Å². The predicted molar refractivity (Wildman–Crippen MR) is 64.8 cm³/mol. The normalized spacial score (nSPS) is 10.8. The number of thiazole rings is 1. The van der Waals surface area contributed by atoms with E-state index in [1.807, 2.05) is 29.7 Å². The molecular formula is C12H9N3OS. The molecule has 0 unspecified atom stereocenters. The van der Waals surface area contributed by atoms with Gasteiger partial charge in [-0.3, -0.25) is 4.40 Å². The van der Waals surface area contributed by atoms with Gasteiger partial charge in [0, 0.05) is 11.1 Å². The summed E-state index contributed by atoms with van der Waals surface area (Å²) in [6, 6.07) is 5.86. The van der Waals surface area contributed by atoms with Crippen LogP contribution in [-0.2, 0) is 6.42 Å². The number of aromatic nitrogens is 2. The molecule has 84 valence electrons. The van der Waals surface area contributed by atoms with E-state index in [1.54, 1.807) is 17.6 Å². The molecule has 0 aromatic carbocycles. The van der Waals surface area contributed by atoms with Crippen molar-refractivity contribution in [1.82, 2.24) is 9.38 Å². The van der Waals surface area contributed by atoms with Crippen molar-refractivity contribution in [1.29, 1.82) is 5.26 Å². The number of rotatable bonds is 2. The molecule has 3 aromatic heterocycles. The minimum absolute atomic E-state index is 0.327. The third-order valence-corrected chi connectivity index (χ3v) is 3.44. The van der Waals surface area contributed by atoms with Crippen LogP contribution in [0.15, 0.2) is 29.0 Å². The first-order valence-electron chi connectivity index (χ1n) is 5.18. The first-order chi connectivity index (χ1) is 8.29. The highest BCUT2D eigenvalue weighted by Crippen LogP contribution is 2.28. The summed E-state index contributed by atoms with van der Waals surface area (Å²) in [5.41, 5.74) is 1.66. The second-order valence-electron chi connectivity index (χ2n) is 3.71. The quantitative estimate of drug-likeness (QED) is 0.695. The first-order valence-corrected chi connectivity index (χ1v) is 5.99. The zero-order valence-corrected chi connectivity index (χ0v) is 9.99. The van der Waals surface area contributed by atoms with Crippen LogP contribution in [0.4, 0.5) is 0 Å². The number of furan rings is 1. The summed E-state index contributed by atoms with van der Waals surface area (Å²) in [6.45, 7) is 2.03. The van der Waals surface area contributed by atoms with Crippen molar-refractivity contribution in [2.45, 2.75) is 13.3 Å². The minimum atomic E-state index is 0.327. The molecular weight excluding hydrogens is 234 g/mol. The average molecular weight is 243 g/mol. The Kier molecular flexibility index (Phi) is 2.23. The number of fused-ring (bicyclic) bond motifs is 1. The lowest BCUT2D eigenvalue weighted by Crippen LogP contribution is -1.90. The van der Waals surface area contributed by atoms with Gasteiger partial charge in [-0.15, -0.1) is 11.3 Å². The zero-order chi connectivity index (χ0) is 11.8. The zero-order valence-electron chi connectivity index (χ0n) is 9.17. The number of hydrogen-bond acceptors (Lipinski definition) is 4. The number of aryl methyl sites for hydroxylation is 1.